The number of benzene rings is 3. The topological polar surface area (TPSA) is 93.8 Å². The largest absolute Gasteiger partial charge is 0.507 e. The van der Waals surface area contributed by atoms with Gasteiger partial charge in [-0.25, -0.2) is 4.98 Å². The summed E-state index contributed by atoms with van der Waals surface area (Å²) < 4.78 is 17.0. The van der Waals surface area contributed by atoms with Crippen LogP contribution >= 0.6 is 0 Å². The van der Waals surface area contributed by atoms with Crippen molar-refractivity contribution in [1.29, 1.82) is 0 Å². The number of hydrogen-bond donors (Lipinski definition) is 2. The van der Waals surface area contributed by atoms with Gasteiger partial charge in [-0.1, -0.05) is 0 Å². The van der Waals surface area contributed by atoms with Gasteiger partial charge < -0.3 is 24.3 Å². The zero-order chi connectivity index (χ0) is 23.5. The standard InChI is InChI=1S/C26H26N2O5/c1-5-31-19-11-17(12-20(14-19)32-6-2)25(30)27-18-7-8-23(29)21(13-18)26-28-22-9-15(3)16(4)10-24(22)33-26/h7-14,29H,5-6H2,1-4H3,(H,27,30). The minimum absolute atomic E-state index is 0.00461. The molecule has 0 saturated carbocycles. The number of aromatic hydroxyl groups is 1. The minimum atomic E-state index is -0.335. The van der Waals surface area contributed by atoms with Gasteiger partial charge in [-0.05, 0) is 81.3 Å². The van der Waals surface area contributed by atoms with Crippen molar-refractivity contribution in [3.8, 4) is 28.7 Å². The smallest absolute Gasteiger partial charge is 0.255 e. The van der Waals surface area contributed by atoms with Crippen LogP contribution in [-0.4, -0.2) is 29.2 Å². The van der Waals surface area contributed by atoms with Crippen LogP contribution in [0.5, 0.6) is 17.2 Å². The highest BCUT2D eigenvalue weighted by Crippen LogP contribution is 2.34. The van der Waals surface area contributed by atoms with Crippen LogP contribution in [0.3, 0.4) is 0 Å². The quantitative estimate of drug-likeness (QED) is 0.345. The van der Waals surface area contributed by atoms with E-state index in [9.17, 15) is 9.90 Å². The number of aryl methyl sites for hydroxylation is 2. The van der Waals surface area contributed by atoms with Gasteiger partial charge in [-0.3, -0.25) is 4.79 Å². The van der Waals surface area contributed by atoms with E-state index in [1.54, 1.807) is 30.3 Å². The van der Waals surface area contributed by atoms with Crippen LogP contribution in [0, 0.1) is 13.8 Å². The van der Waals surface area contributed by atoms with Gasteiger partial charge in [0.1, 0.15) is 22.8 Å². The van der Waals surface area contributed by atoms with Crippen LogP contribution in [0.25, 0.3) is 22.6 Å². The first kappa shape index (κ1) is 22.2. The number of amides is 1. The molecule has 0 radical (unpaired) electrons. The van der Waals surface area contributed by atoms with Crippen molar-refractivity contribution in [2.45, 2.75) is 27.7 Å². The van der Waals surface area contributed by atoms with Crippen LogP contribution in [0.1, 0.15) is 35.3 Å². The molecule has 0 spiro atoms. The fourth-order valence-corrected chi connectivity index (χ4v) is 3.49. The summed E-state index contributed by atoms with van der Waals surface area (Å²) in [5, 5.41) is 13.3. The maximum Gasteiger partial charge on any atom is 0.255 e. The van der Waals surface area contributed by atoms with E-state index in [4.69, 9.17) is 13.9 Å². The summed E-state index contributed by atoms with van der Waals surface area (Å²) in [5.74, 6) is 1.05. The van der Waals surface area contributed by atoms with Crippen LogP contribution in [0.15, 0.2) is 52.9 Å². The summed E-state index contributed by atoms with van der Waals surface area (Å²) in [6, 6.07) is 13.7. The van der Waals surface area contributed by atoms with Crippen molar-refractivity contribution in [3.63, 3.8) is 0 Å². The van der Waals surface area contributed by atoms with Crippen LogP contribution < -0.4 is 14.8 Å². The van der Waals surface area contributed by atoms with Gasteiger partial charge in [0.05, 0.1) is 18.8 Å². The van der Waals surface area contributed by atoms with Gasteiger partial charge in [0.15, 0.2) is 5.58 Å². The molecule has 1 heterocycles. The van der Waals surface area contributed by atoms with E-state index >= 15 is 0 Å². The second kappa shape index (κ2) is 9.24. The van der Waals surface area contributed by atoms with E-state index in [1.165, 1.54) is 6.07 Å². The number of fused-ring (bicyclic) bond motifs is 1. The molecule has 170 valence electrons. The third-order valence-corrected chi connectivity index (χ3v) is 5.25. The third-order valence-electron chi connectivity index (χ3n) is 5.25. The van der Waals surface area contributed by atoms with E-state index in [1.807, 2.05) is 39.8 Å². The maximum atomic E-state index is 13.0. The number of nitrogens with zero attached hydrogens (tertiary/aromatic N) is 1. The third kappa shape index (κ3) is 4.77. The predicted octanol–water partition coefficient (Wildman–Crippen LogP) is 5.87. The molecule has 0 saturated heterocycles. The Morgan fingerprint density at radius 2 is 1.64 bits per heavy atom. The van der Waals surface area contributed by atoms with Gasteiger partial charge in [-0.2, -0.15) is 0 Å². The van der Waals surface area contributed by atoms with E-state index in [0.29, 0.717) is 52.6 Å². The van der Waals surface area contributed by atoms with E-state index < -0.39 is 0 Å². The van der Waals surface area contributed by atoms with Crippen molar-refractivity contribution in [1.82, 2.24) is 4.98 Å². The van der Waals surface area contributed by atoms with Crippen LogP contribution in [0.2, 0.25) is 0 Å². The molecule has 1 amide bonds. The number of phenols is 1. The molecular formula is C26H26N2O5. The first-order valence-corrected chi connectivity index (χ1v) is 10.8. The SMILES string of the molecule is CCOc1cc(OCC)cc(C(=O)Nc2ccc(O)c(-c3nc4cc(C)c(C)cc4o3)c2)c1. The number of carbonyl (C=O) groups excluding carboxylic acids is 1. The summed E-state index contributed by atoms with van der Waals surface area (Å²) in [6.45, 7) is 8.71. The number of anilines is 1. The number of phenolic OH excluding ortho intramolecular Hbond substituents is 1. The Balaban J connectivity index is 1.64. The summed E-state index contributed by atoms with van der Waals surface area (Å²) in [4.78, 5) is 17.5. The first-order valence-electron chi connectivity index (χ1n) is 10.8. The number of ether oxygens (including phenoxy) is 2. The zero-order valence-electron chi connectivity index (χ0n) is 19.1. The lowest BCUT2D eigenvalue weighted by molar-refractivity contribution is 0.102. The van der Waals surface area contributed by atoms with Gasteiger partial charge in [0, 0.05) is 17.3 Å². The minimum Gasteiger partial charge on any atom is -0.507 e. The van der Waals surface area contributed by atoms with Crippen LogP contribution in [0.4, 0.5) is 5.69 Å². The molecule has 3 aromatic carbocycles. The molecule has 33 heavy (non-hydrogen) atoms. The maximum absolute atomic E-state index is 13.0. The summed E-state index contributed by atoms with van der Waals surface area (Å²) in [6.07, 6.45) is 0. The van der Waals surface area contributed by atoms with Crippen molar-refractivity contribution in [2.75, 3.05) is 18.5 Å². The molecule has 0 aliphatic heterocycles. The number of aromatic nitrogens is 1. The summed E-state index contributed by atoms with van der Waals surface area (Å²) in [7, 11) is 0. The molecule has 4 rings (SSSR count). The van der Waals surface area contributed by atoms with Crippen LogP contribution in [-0.2, 0) is 0 Å². The molecule has 0 bridgehead atoms. The molecule has 4 aromatic rings. The molecule has 0 unspecified atom stereocenters. The first-order chi connectivity index (χ1) is 15.9. The second-order valence-corrected chi connectivity index (χ2v) is 7.67. The second-order valence-electron chi connectivity index (χ2n) is 7.67. The molecule has 0 aliphatic carbocycles. The lowest BCUT2D eigenvalue weighted by atomic mass is 10.1. The molecular weight excluding hydrogens is 420 g/mol. The Kier molecular flexibility index (Phi) is 6.22. The lowest BCUT2D eigenvalue weighted by Crippen LogP contribution is -2.12. The average molecular weight is 447 g/mol. The highest BCUT2D eigenvalue weighted by Gasteiger charge is 2.16. The van der Waals surface area contributed by atoms with Gasteiger partial charge in [0.25, 0.3) is 5.91 Å². The Morgan fingerprint density at radius 3 is 2.30 bits per heavy atom. The van der Waals surface area contributed by atoms with Crippen molar-refractivity contribution in [2.24, 2.45) is 0 Å². The highest BCUT2D eigenvalue weighted by atomic mass is 16.5. The number of oxazole rings is 1. The van der Waals surface area contributed by atoms with E-state index in [-0.39, 0.29) is 17.5 Å². The summed E-state index contributed by atoms with van der Waals surface area (Å²) >= 11 is 0. The number of rotatable bonds is 7. The highest BCUT2D eigenvalue weighted by molar-refractivity contribution is 6.05. The Labute approximate surface area is 192 Å². The van der Waals surface area contributed by atoms with Crippen molar-refractivity contribution < 1.29 is 23.8 Å². The van der Waals surface area contributed by atoms with Gasteiger partial charge in [-0.15, -0.1) is 0 Å². The number of hydrogen-bond acceptors (Lipinski definition) is 6. The molecule has 0 atom stereocenters. The zero-order valence-corrected chi connectivity index (χ0v) is 19.1. The Morgan fingerprint density at radius 1 is 0.970 bits per heavy atom. The predicted molar refractivity (Wildman–Crippen MR) is 127 cm³/mol. The number of carbonyl (C=O) groups is 1. The lowest BCUT2D eigenvalue weighted by Gasteiger charge is -2.12. The molecule has 2 N–H and O–H groups in total. The molecule has 0 fully saturated rings. The van der Waals surface area contributed by atoms with Crippen molar-refractivity contribution >= 4 is 22.7 Å². The molecule has 1 aromatic heterocycles. The fraction of sp³-hybridized carbons (Fsp3) is 0.231. The van der Waals surface area contributed by atoms with E-state index in [2.05, 4.69) is 10.3 Å². The Bertz CT molecular complexity index is 1260. The van der Waals surface area contributed by atoms with E-state index in [0.717, 1.165) is 11.1 Å². The molecule has 7 nitrogen and oxygen atoms in total. The number of nitrogens with one attached hydrogen (secondary N) is 1. The molecule has 0 aliphatic rings. The summed E-state index contributed by atoms with van der Waals surface area (Å²) in [5.41, 5.74) is 4.81. The van der Waals surface area contributed by atoms with Gasteiger partial charge in [0.2, 0.25) is 5.89 Å². The normalized spacial score (nSPS) is 10.9. The Hall–Kier alpha value is -4.00. The van der Waals surface area contributed by atoms with Gasteiger partial charge >= 0.3 is 0 Å². The monoisotopic (exact) mass is 446 g/mol. The fourth-order valence-electron chi connectivity index (χ4n) is 3.49. The molecule has 7 heteroatoms. The average Bonchev–Trinajstić information content (AvgIpc) is 3.18. The van der Waals surface area contributed by atoms with Crippen molar-refractivity contribution in [3.05, 3.63) is 65.2 Å².